The molecule has 0 heteroatoms. The summed E-state index contributed by atoms with van der Waals surface area (Å²) in [7, 11) is 0. The fraction of sp³-hybridized carbons (Fsp3) is 1.00. The monoisotopic (exact) mass is 220 g/mol. The molecule has 5 atom stereocenters. The van der Waals surface area contributed by atoms with Crippen LogP contribution in [0.2, 0.25) is 0 Å². The number of rotatable bonds is 1. The molecule has 3 rings (SSSR count). The molecule has 0 amide bonds. The second-order valence-corrected chi connectivity index (χ2v) is 6.98. The van der Waals surface area contributed by atoms with E-state index < -0.39 is 0 Å². The second kappa shape index (κ2) is 4.70. The van der Waals surface area contributed by atoms with Crippen LogP contribution in [-0.2, 0) is 0 Å². The standard InChI is InChI=1S/C16H28/c1-12-9-10-14(11-12)16-8-4-6-13-5-2-3-7-15(13)16/h12-16H,2-11H2,1H3. The molecule has 3 aliphatic carbocycles. The van der Waals surface area contributed by atoms with Gasteiger partial charge < -0.3 is 0 Å². The fourth-order valence-corrected chi connectivity index (χ4v) is 5.21. The molecule has 0 spiro atoms. The Bertz CT molecular complexity index is 230. The quantitative estimate of drug-likeness (QED) is 0.581. The van der Waals surface area contributed by atoms with E-state index in [2.05, 4.69) is 6.92 Å². The molecule has 0 aromatic rings. The third-order valence-corrected chi connectivity index (χ3v) is 5.97. The number of hydrogen-bond donors (Lipinski definition) is 0. The third kappa shape index (κ3) is 2.05. The van der Waals surface area contributed by atoms with Crippen molar-refractivity contribution < 1.29 is 0 Å². The maximum absolute atomic E-state index is 2.47. The molecule has 0 saturated heterocycles. The van der Waals surface area contributed by atoms with Crippen molar-refractivity contribution in [1.29, 1.82) is 0 Å². The predicted octanol–water partition coefficient (Wildman–Crippen LogP) is 5.03. The highest BCUT2D eigenvalue weighted by molar-refractivity contribution is 4.90. The van der Waals surface area contributed by atoms with Crippen molar-refractivity contribution in [2.24, 2.45) is 29.6 Å². The molecular weight excluding hydrogens is 192 g/mol. The average Bonchev–Trinajstić information content (AvgIpc) is 2.75. The summed E-state index contributed by atoms with van der Waals surface area (Å²) in [6.45, 7) is 2.47. The molecule has 92 valence electrons. The van der Waals surface area contributed by atoms with Crippen LogP contribution >= 0.6 is 0 Å². The molecule has 0 nitrogen and oxygen atoms in total. The minimum atomic E-state index is 1.04. The van der Waals surface area contributed by atoms with Crippen LogP contribution in [0.3, 0.4) is 0 Å². The van der Waals surface area contributed by atoms with E-state index in [-0.39, 0.29) is 0 Å². The van der Waals surface area contributed by atoms with Gasteiger partial charge in [0.25, 0.3) is 0 Å². The van der Waals surface area contributed by atoms with E-state index in [1.54, 1.807) is 51.4 Å². The van der Waals surface area contributed by atoms with Crippen LogP contribution in [0.1, 0.15) is 71.1 Å². The number of hydrogen-bond acceptors (Lipinski definition) is 0. The normalized spacial score (nSPS) is 48.9. The van der Waals surface area contributed by atoms with Crippen LogP contribution < -0.4 is 0 Å². The van der Waals surface area contributed by atoms with Gasteiger partial charge in [-0.25, -0.2) is 0 Å². The van der Waals surface area contributed by atoms with E-state index in [0.717, 1.165) is 29.6 Å². The van der Waals surface area contributed by atoms with Crippen molar-refractivity contribution in [1.82, 2.24) is 0 Å². The van der Waals surface area contributed by atoms with Crippen LogP contribution in [0.15, 0.2) is 0 Å². The summed E-state index contributed by atoms with van der Waals surface area (Å²) in [4.78, 5) is 0. The van der Waals surface area contributed by atoms with Crippen LogP contribution in [0.25, 0.3) is 0 Å². The van der Waals surface area contributed by atoms with Gasteiger partial charge in [-0.15, -0.1) is 0 Å². The van der Waals surface area contributed by atoms with Crippen molar-refractivity contribution in [3.05, 3.63) is 0 Å². The minimum absolute atomic E-state index is 1.04. The molecule has 0 heterocycles. The first-order valence-electron chi connectivity index (χ1n) is 7.84. The minimum Gasteiger partial charge on any atom is -0.0625 e. The van der Waals surface area contributed by atoms with Crippen molar-refractivity contribution >= 4 is 0 Å². The lowest BCUT2D eigenvalue weighted by atomic mass is 9.62. The van der Waals surface area contributed by atoms with E-state index in [9.17, 15) is 0 Å². The van der Waals surface area contributed by atoms with E-state index in [0.29, 0.717) is 0 Å². The summed E-state index contributed by atoms with van der Waals surface area (Å²) in [6.07, 6.45) is 15.6. The van der Waals surface area contributed by atoms with E-state index in [1.165, 1.54) is 12.8 Å². The molecule has 3 aliphatic rings. The van der Waals surface area contributed by atoms with Gasteiger partial charge in [0.05, 0.1) is 0 Å². The van der Waals surface area contributed by atoms with Gasteiger partial charge in [-0.3, -0.25) is 0 Å². The molecular formula is C16H28. The Morgan fingerprint density at radius 2 is 1.31 bits per heavy atom. The molecule has 0 radical (unpaired) electrons. The first-order valence-corrected chi connectivity index (χ1v) is 7.84. The van der Waals surface area contributed by atoms with Gasteiger partial charge in [0.15, 0.2) is 0 Å². The van der Waals surface area contributed by atoms with Crippen molar-refractivity contribution in [2.45, 2.75) is 71.1 Å². The smallest absolute Gasteiger partial charge is 0.0355 e. The van der Waals surface area contributed by atoms with Crippen LogP contribution in [0.4, 0.5) is 0 Å². The lowest BCUT2D eigenvalue weighted by molar-refractivity contribution is 0.0646. The summed E-state index contributed by atoms with van der Waals surface area (Å²) < 4.78 is 0. The maximum atomic E-state index is 2.47. The van der Waals surface area contributed by atoms with E-state index >= 15 is 0 Å². The van der Waals surface area contributed by atoms with Crippen LogP contribution in [0.5, 0.6) is 0 Å². The summed E-state index contributed by atoms with van der Waals surface area (Å²) in [5, 5.41) is 0. The molecule has 0 aliphatic heterocycles. The molecule has 0 aromatic carbocycles. The summed E-state index contributed by atoms with van der Waals surface area (Å²) >= 11 is 0. The summed E-state index contributed by atoms with van der Waals surface area (Å²) in [6, 6.07) is 0. The Hall–Kier alpha value is 0. The van der Waals surface area contributed by atoms with Gasteiger partial charge in [0.2, 0.25) is 0 Å². The van der Waals surface area contributed by atoms with E-state index in [4.69, 9.17) is 0 Å². The van der Waals surface area contributed by atoms with E-state index in [1.807, 2.05) is 0 Å². The first kappa shape index (κ1) is 11.1. The van der Waals surface area contributed by atoms with Crippen molar-refractivity contribution in [3.8, 4) is 0 Å². The topological polar surface area (TPSA) is 0 Å². The fourth-order valence-electron chi connectivity index (χ4n) is 5.21. The lowest BCUT2D eigenvalue weighted by Gasteiger charge is -2.44. The Morgan fingerprint density at radius 3 is 2.12 bits per heavy atom. The highest BCUT2D eigenvalue weighted by atomic mass is 14.5. The zero-order valence-corrected chi connectivity index (χ0v) is 11.0. The van der Waals surface area contributed by atoms with Gasteiger partial charge in [-0.05, 0) is 55.3 Å². The maximum Gasteiger partial charge on any atom is -0.0355 e. The highest BCUT2D eigenvalue weighted by Gasteiger charge is 2.40. The van der Waals surface area contributed by atoms with Crippen LogP contribution in [-0.4, -0.2) is 0 Å². The average molecular weight is 220 g/mol. The first-order chi connectivity index (χ1) is 7.84. The Kier molecular flexibility index (Phi) is 3.27. The largest absolute Gasteiger partial charge is 0.0625 e. The van der Waals surface area contributed by atoms with Gasteiger partial charge in [-0.1, -0.05) is 45.4 Å². The molecule has 0 aromatic heterocycles. The van der Waals surface area contributed by atoms with Crippen molar-refractivity contribution in [2.75, 3.05) is 0 Å². The Labute approximate surface area is 101 Å². The van der Waals surface area contributed by atoms with Crippen molar-refractivity contribution in [3.63, 3.8) is 0 Å². The van der Waals surface area contributed by atoms with Gasteiger partial charge in [0, 0.05) is 0 Å². The molecule has 0 N–H and O–H groups in total. The summed E-state index contributed by atoms with van der Waals surface area (Å²) in [5.41, 5.74) is 0. The highest BCUT2D eigenvalue weighted by Crippen LogP contribution is 2.50. The molecule has 3 saturated carbocycles. The van der Waals surface area contributed by atoms with Gasteiger partial charge in [-0.2, -0.15) is 0 Å². The van der Waals surface area contributed by atoms with Gasteiger partial charge in [0.1, 0.15) is 0 Å². The zero-order valence-electron chi connectivity index (χ0n) is 11.0. The Balaban J connectivity index is 1.68. The molecule has 0 bridgehead atoms. The third-order valence-electron chi connectivity index (χ3n) is 5.97. The zero-order chi connectivity index (χ0) is 11.0. The molecule has 3 fully saturated rings. The van der Waals surface area contributed by atoms with Crippen LogP contribution in [0, 0.1) is 29.6 Å². The summed E-state index contributed by atoms with van der Waals surface area (Å²) in [5.74, 6) is 5.60. The second-order valence-electron chi connectivity index (χ2n) is 6.98. The predicted molar refractivity (Wildman–Crippen MR) is 69.3 cm³/mol. The molecule has 16 heavy (non-hydrogen) atoms. The Morgan fingerprint density at radius 1 is 0.625 bits per heavy atom. The SMILES string of the molecule is CC1CCC(C2CCCC3CCCCC32)C1. The molecule has 5 unspecified atom stereocenters. The lowest BCUT2D eigenvalue weighted by Crippen LogP contribution is -2.34. The van der Waals surface area contributed by atoms with Gasteiger partial charge >= 0.3 is 0 Å². The number of fused-ring (bicyclic) bond motifs is 1.